The zero-order chi connectivity index (χ0) is 40.0. The first-order chi connectivity index (χ1) is 26.0. The molecule has 0 aliphatic carbocycles. The molecule has 10 heteroatoms. The van der Waals surface area contributed by atoms with Gasteiger partial charge in [-0.3, -0.25) is 14.2 Å². The molecule has 0 heterocycles. The Morgan fingerprint density at radius 3 is 1.50 bits per heavy atom. The lowest BCUT2D eigenvalue weighted by molar-refractivity contribution is -0.870. The smallest absolute Gasteiger partial charge is 0.306 e. The van der Waals surface area contributed by atoms with Crippen LogP contribution in [-0.2, 0) is 32.7 Å². The van der Waals surface area contributed by atoms with Crippen LogP contribution in [0.2, 0.25) is 0 Å². The van der Waals surface area contributed by atoms with Crippen molar-refractivity contribution < 1.29 is 42.1 Å². The minimum atomic E-state index is -4.62. The van der Waals surface area contributed by atoms with E-state index in [-0.39, 0.29) is 32.0 Å². The van der Waals surface area contributed by atoms with Crippen molar-refractivity contribution in [3.8, 4) is 0 Å². The summed E-state index contributed by atoms with van der Waals surface area (Å²) in [5.74, 6) is -0.835. The molecule has 0 aromatic heterocycles. The number of allylic oxidation sites excluding steroid dienone is 4. The summed E-state index contributed by atoms with van der Waals surface area (Å²) in [5, 5.41) is 0. The van der Waals surface area contributed by atoms with Crippen LogP contribution in [-0.4, -0.2) is 70.0 Å². The third kappa shape index (κ3) is 40.2. The van der Waals surface area contributed by atoms with E-state index in [0.29, 0.717) is 17.4 Å². The monoisotopic (exact) mass is 786 g/mol. The topological polar surface area (TPSA) is 111 Å². The molecule has 0 aliphatic heterocycles. The second-order valence-corrected chi connectivity index (χ2v) is 17.5. The van der Waals surface area contributed by atoms with E-state index in [1.807, 2.05) is 21.1 Å². The number of carbonyl (C=O) groups excluding carboxylic acids is 2. The molecular weight excluding hydrogens is 701 g/mol. The molecule has 0 aromatic rings. The summed E-state index contributed by atoms with van der Waals surface area (Å²) in [6.45, 7) is 4.20. The quantitative estimate of drug-likeness (QED) is 0.0198. The molecule has 0 spiro atoms. The average Bonchev–Trinajstić information content (AvgIpc) is 3.12. The summed E-state index contributed by atoms with van der Waals surface area (Å²) < 4.78 is 33.9. The molecule has 0 aliphatic rings. The normalized spacial score (nSPS) is 13.8. The zero-order valence-corrected chi connectivity index (χ0v) is 36.6. The van der Waals surface area contributed by atoms with Gasteiger partial charge in [-0.15, -0.1) is 0 Å². The van der Waals surface area contributed by atoms with Gasteiger partial charge in [0.25, 0.3) is 7.82 Å². The van der Waals surface area contributed by atoms with E-state index in [9.17, 15) is 19.0 Å². The van der Waals surface area contributed by atoms with Crippen LogP contribution in [0.15, 0.2) is 24.3 Å². The first-order valence-electron chi connectivity index (χ1n) is 22.0. The summed E-state index contributed by atoms with van der Waals surface area (Å²) in [5.41, 5.74) is 0. The van der Waals surface area contributed by atoms with Gasteiger partial charge in [0, 0.05) is 12.8 Å². The summed E-state index contributed by atoms with van der Waals surface area (Å²) in [7, 11) is 1.17. The number of quaternary nitrogens is 1. The lowest BCUT2D eigenvalue weighted by Crippen LogP contribution is -2.37. The highest BCUT2D eigenvalue weighted by Gasteiger charge is 2.21. The van der Waals surface area contributed by atoms with Crippen LogP contribution in [0.1, 0.15) is 194 Å². The van der Waals surface area contributed by atoms with E-state index >= 15 is 0 Å². The highest BCUT2D eigenvalue weighted by atomic mass is 31.2. The van der Waals surface area contributed by atoms with Gasteiger partial charge in [0.2, 0.25) is 0 Å². The number of rotatable bonds is 40. The van der Waals surface area contributed by atoms with Gasteiger partial charge < -0.3 is 27.9 Å². The second-order valence-electron chi connectivity index (χ2n) is 16.1. The Bertz CT molecular complexity index is 980. The van der Waals surface area contributed by atoms with E-state index in [2.05, 4.69) is 38.2 Å². The van der Waals surface area contributed by atoms with Crippen LogP contribution >= 0.6 is 7.82 Å². The SMILES string of the molecule is CCCCC/C=C\C/C=C\CCCCCCCCCCCC(=O)OC[C@H](COP(=O)([O-])OCC[N+](C)(C)C)OC(=O)CCCCCCCCCCCCC. The fourth-order valence-corrected chi connectivity index (χ4v) is 6.71. The molecule has 9 nitrogen and oxygen atoms in total. The van der Waals surface area contributed by atoms with E-state index in [4.69, 9.17) is 18.5 Å². The second kappa shape index (κ2) is 37.1. The maximum absolute atomic E-state index is 12.6. The molecule has 0 saturated heterocycles. The Kier molecular flexibility index (Phi) is 36.1. The van der Waals surface area contributed by atoms with Gasteiger partial charge in [-0.05, 0) is 44.9 Å². The molecule has 0 radical (unpaired) electrons. The predicted octanol–water partition coefficient (Wildman–Crippen LogP) is 11.7. The number of unbranched alkanes of at least 4 members (excludes halogenated alkanes) is 22. The summed E-state index contributed by atoms with van der Waals surface area (Å²) in [6.07, 6.45) is 39.1. The van der Waals surface area contributed by atoms with Crippen LogP contribution in [0.25, 0.3) is 0 Å². The van der Waals surface area contributed by atoms with Crippen LogP contribution in [0.5, 0.6) is 0 Å². The molecule has 0 N–H and O–H groups in total. The number of hydrogen-bond acceptors (Lipinski definition) is 8. The molecule has 318 valence electrons. The fraction of sp³-hybridized carbons (Fsp3) is 0.864. The van der Waals surface area contributed by atoms with Gasteiger partial charge in [0.1, 0.15) is 19.8 Å². The number of nitrogens with zero attached hydrogens (tertiary/aromatic N) is 1. The van der Waals surface area contributed by atoms with Crippen LogP contribution in [0.3, 0.4) is 0 Å². The van der Waals surface area contributed by atoms with E-state index in [1.54, 1.807) is 0 Å². The molecule has 0 rings (SSSR count). The molecule has 0 amide bonds. The first-order valence-corrected chi connectivity index (χ1v) is 23.5. The zero-order valence-electron chi connectivity index (χ0n) is 35.7. The van der Waals surface area contributed by atoms with Gasteiger partial charge in [0.05, 0.1) is 27.7 Å². The molecule has 0 bridgehead atoms. The minimum Gasteiger partial charge on any atom is -0.756 e. The molecule has 0 saturated carbocycles. The van der Waals surface area contributed by atoms with E-state index in [0.717, 1.165) is 38.5 Å². The average molecular weight is 786 g/mol. The lowest BCUT2D eigenvalue weighted by Gasteiger charge is -2.28. The van der Waals surface area contributed by atoms with Crippen molar-refractivity contribution in [3.63, 3.8) is 0 Å². The number of likely N-dealkylation sites (N-methyl/N-ethyl adjacent to an activating group) is 1. The Labute approximate surface area is 332 Å². The van der Waals surface area contributed by atoms with Crippen LogP contribution in [0, 0.1) is 0 Å². The van der Waals surface area contributed by atoms with Crippen molar-refractivity contribution in [2.45, 2.75) is 200 Å². The van der Waals surface area contributed by atoms with Crippen molar-refractivity contribution in [2.24, 2.45) is 0 Å². The Balaban J connectivity index is 4.29. The maximum Gasteiger partial charge on any atom is 0.306 e. The van der Waals surface area contributed by atoms with Crippen molar-refractivity contribution in [3.05, 3.63) is 24.3 Å². The molecule has 0 aromatic carbocycles. The standard InChI is InChI=1S/C44H84NO8P/c1-6-8-10-12-14-16-18-19-20-21-22-23-24-25-27-28-30-32-34-36-43(46)50-40-42(41-52-54(48,49)51-39-38-45(3,4)5)53-44(47)37-35-33-31-29-26-17-15-13-11-9-7-2/h14,16,19-20,42H,6-13,15,17-18,21-41H2,1-5H3/b16-14-,20-19-/t42-/m1/s1. The Morgan fingerprint density at radius 1 is 0.574 bits per heavy atom. The van der Waals surface area contributed by atoms with Crippen molar-refractivity contribution >= 4 is 19.8 Å². The van der Waals surface area contributed by atoms with Crippen LogP contribution < -0.4 is 4.89 Å². The van der Waals surface area contributed by atoms with Gasteiger partial charge in [-0.2, -0.15) is 0 Å². The number of hydrogen-bond donors (Lipinski definition) is 0. The molecule has 2 atom stereocenters. The number of carbonyl (C=O) groups is 2. The lowest BCUT2D eigenvalue weighted by atomic mass is 10.1. The Hall–Kier alpha value is -1.51. The largest absolute Gasteiger partial charge is 0.756 e. The van der Waals surface area contributed by atoms with E-state index < -0.39 is 26.5 Å². The third-order valence-electron chi connectivity index (χ3n) is 9.47. The van der Waals surface area contributed by atoms with Gasteiger partial charge >= 0.3 is 11.9 Å². The number of esters is 2. The van der Waals surface area contributed by atoms with Gasteiger partial charge in [-0.25, -0.2) is 0 Å². The first kappa shape index (κ1) is 52.5. The van der Waals surface area contributed by atoms with Crippen molar-refractivity contribution in [2.75, 3.05) is 47.5 Å². The summed E-state index contributed by atoms with van der Waals surface area (Å²) in [4.78, 5) is 37.5. The van der Waals surface area contributed by atoms with Crippen molar-refractivity contribution in [1.82, 2.24) is 0 Å². The van der Waals surface area contributed by atoms with Gasteiger partial charge in [0.15, 0.2) is 6.10 Å². The highest BCUT2D eigenvalue weighted by Crippen LogP contribution is 2.38. The molecular formula is C44H84NO8P. The Morgan fingerprint density at radius 2 is 1.00 bits per heavy atom. The van der Waals surface area contributed by atoms with Crippen molar-refractivity contribution in [1.29, 1.82) is 0 Å². The molecule has 0 fully saturated rings. The van der Waals surface area contributed by atoms with Gasteiger partial charge in [-0.1, -0.05) is 160 Å². The number of phosphoric acid groups is 1. The molecule has 1 unspecified atom stereocenters. The maximum atomic E-state index is 12.6. The number of ether oxygens (including phenoxy) is 2. The van der Waals surface area contributed by atoms with Crippen LogP contribution in [0.4, 0.5) is 0 Å². The number of phosphoric ester groups is 1. The fourth-order valence-electron chi connectivity index (χ4n) is 5.98. The molecule has 54 heavy (non-hydrogen) atoms. The third-order valence-corrected chi connectivity index (χ3v) is 10.4. The summed E-state index contributed by atoms with van der Waals surface area (Å²) >= 11 is 0. The highest BCUT2D eigenvalue weighted by molar-refractivity contribution is 7.45. The van der Waals surface area contributed by atoms with E-state index in [1.165, 1.54) is 122 Å². The minimum absolute atomic E-state index is 0.0296. The summed E-state index contributed by atoms with van der Waals surface area (Å²) in [6, 6.07) is 0. The predicted molar refractivity (Wildman–Crippen MR) is 222 cm³/mol.